The van der Waals surface area contributed by atoms with Gasteiger partial charge in [0.2, 0.25) is 5.91 Å². The van der Waals surface area contributed by atoms with Gasteiger partial charge < -0.3 is 15.6 Å². The summed E-state index contributed by atoms with van der Waals surface area (Å²) in [6.07, 6.45) is 4.72. The average molecular weight is 432 g/mol. The van der Waals surface area contributed by atoms with Gasteiger partial charge in [-0.3, -0.25) is 9.79 Å². The number of aryl methyl sites for hydroxylation is 2. The number of hydrogen-bond acceptors (Lipinski definition) is 4. The topological polar surface area (TPSA) is 87.4 Å². The number of nitrogens with two attached hydrogens (primary N) is 1. The first kappa shape index (κ1) is 24.6. The Labute approximate surface area is 190 Å². The maximum absolute atomic E-state index is 12.1. The lowest BCUT2D eigenvalue weighted by Crippen LogP contribution is -2.23. The van der Waals surface area contributed by atoms with E-state index in [2.05, 4.69) is 28.5 Å². The van der Waals surface area contributed by atoms with Crippen LogP contribution in [0.5, 0.6) is 0 Å². The number of likely N-dealkylation sites (N-methyl/N-ethyl adjacent to an activating group) is 1. The maximum Gasteiger partial charge on any atom is 0.250 e. The van der Waals surface area contributed by atoms with E-state index in [1.54, 1.807) is 25.2 Å². The zero-order valence-electron chi connectivity index (χ0n) is 20.1. The number of nitrogens with zero attached hydrogens (tertiary/aromatic N) is 3. The minimum atomic E-state index is -0.157. The molecule has 0 aliphatic heterocycles. The van der Waals surface area contributed by atoms with Crippen LogP contribution in [0.25, 0.3) is 27.7 Å². The number of H-pyrrole nitrogens is 1. The van der Waals surface area contributed by atoms with Crippen molar-refractivity contribution in [2.75, 3.05) is 19.0 Å². The van der Waals surface area contributed by atoms with Gasteiger partial charge in [0, 0.05) is 65.7 Å². The second kappa shape index (κ2) is 10.6. The van der Waals surface area contributed by atoms with E-state index in [4.69, 9.17) is 5.73 Å². The van der Waals surface area contributed by atoms with Gasteiger partial charge in [0.15, 0.2) is 0 Å². The van der Waals surface area contributed by atoms with Crippen molar-refractivity contribution < 1.29 is 4.79 Å². The second-order valence-electron chi connectivity index (χ2n) is 7.19. The molecular weight excluding hydrogens is 398 g/mol. The highest BCUT2D eigenvalue weighted by molar-refractivity contribution is 6.23. The molecule has 0 atom stereocenters. The fourth-order valence-electron chi connectivity index (χ4n) is 3.72. The molecule has 0 unspecified atom stereocenters. The Balaban J connectivity index is 0.00000176. The number of rotatable bonds is 5. The predicted octanol–water partition coefficient (Wildman–Crippen LogP) is 5.41. The molecule has 3 rings (SSSR count). The number of benzene rings is 1. The molecular formula is C26H33N5O. The van der Waals surface area contributed by atoms with Crippen molar-refractivity contribution in [2.45, 2.75) is 34.6 Å². The molecule has 0 saturated heterocycles. The van der Waals surface area contributed by atoms with Crippen LogP contribution in [-0.4, -0.2) is 35.7 Å². The van der Waals surface area contributed by atoms with Crippen LogP contribution in [-0.2, 0) is 4.79 Å². The van der Waals surface area contributed by atoms with Crippen LogP contribution < -0.4 is 10.6 Å². The lowest BCUT2D eigenvalue weighted by atomic mass is 9.94. The lowest BCUT2D eigenvalue weighted by Gasteiger charge is -2.17. The number of hydrogen-bond donors (Lipinski definition) is 2. The molecule has 2 aromatic heterocycles. The first-order valence-corrected chi connectivity index (χ1v) is 10.7. The van der Waals surface area contributed by atoms with Crippen LogP contribution in [0.15, 0.2) is 54.3 Å². The number of pyridine rings is 1. The molecule has 0 aliphatic carbocycles. The molecule has 0 spiro atoms. The van der Waals surface area contributed by atoms with Crippen molar-refractivity contribution >= 4 is 33.9 Å². The summed E-state index contributed by atoms with van der Waals surface area (Å²) in [5, 5.41) is 1.03. The van der Waals surface area contributed by atoms with Gasteiger partial charge in [-0.2, -0.15) is 0 Å². The third-order valence-corrected chi connectivity index (χ3v) is 5.48. The Kier molecular flexibility index (Phi) is 8.13. The molecule has 6 nitrogen and oxygen atoms in total. The van der Waals surface area contributed by atoms with Crippen molar-refractivity contribution in [1.29, 1.82) is 0 Å². The maximum atomic E-state index is 12.1. The summed E-state index contributed by atoms with van der Waals surface area (Å²) in [4.78, 5) is 26.0. The molecule has 0 fully saturated rings. The van der Waals surface area contributed by atoms with Gasteiger partial charge in [-0.15, -0.1) is 0 Å². The number of nitrogens with one attached hydrogen (secondary N) is 1. The van der Waals surface area contributed by atoms with Gasteiger partial charge >= 0.3 is 0 Å². The van der Waals surface area contributed by atoms with Crippen LogP contribution >= 0.6 is 0 Å². The average Bonchev–Trinajstić information content (AvgIpc) is 3.17. The SMILES string of the molecule is C=CC(=O)N(C)c1cccc(-c2c(C)[nH]c3ncc(/C(=C/N)C(C)=NC)c(C)c23)c1.CC. The molecule has 3 aromatic rings. The monoisotopic (exact) mass is 431 g/mol. The molecule has 168 valence electrons. The highest BCUT2D eigenvalue weighted by Gasteiger charge is 2.19. The Hall–Kier alpha value is -3.67. The molecule has 2 heterocycles. The summed E-state index contributed by atoms with van der Waals surface area (Å²) >= 11 is 0. The van der Waals surface area contributed by atoms with Crippen LogP contribution in [0.3, 0.4) is 0 Å². The summed E-state index contributed by atoms with van der Waals surface area (Å²) in [6.45, 7) is 13.6. The van der Waals surface area contributed by atoms with Crippen molar-refractivity contribution in [3.8, 4) is 11.1 Å². The van der Waals surface area contributed by atoms with E-state index in [0.717, 1.165) is 56.0 Å². The minimum absolute atomic E-state index is 0.157. The predicted molar refractivity (Wildman–Crippen MR) is 137 cm³/mol. The van der Waals surface area contributed by atoms with E-state index in [1.165, 1.54) is 6.08 Å². The molecule has 0 saturated carbocycles. The fraction of sp³-hybridized carbons (Fsp3) is 0.269. The Morgan fingerprint density at radius 3 is 2.56 bits per heavy atom. The standard InChI is InChI=1S/C24H27N5O.C2H6/c1-7-21(30)29(6)18-10-8-9-17(11-18)23-16(4)28-24-22(23)14(2)20(13-27-24)19(12-25)15(3)26-5;1-2/h7-13H,1,25H2,2-6H3,(H,27,28);1-2H3/b19-12+,26-15?;. The molecule has 32 heavy (non-hydrogen) atoms. The number of fused-ring (bicyclic) bond motifs is 1. The molecule has 3 N–H and O–H groups in total. The van der Waals surface area contributed by atoms with E-state index >= 15 is 0 Å². The van der Waals surface area contributed by atoms with Crippen LogP contribution in [0.4, 0.5) is 5.69 Å². The zero-order valence-corrected chi connectivity index (χ0v) is 20.1. The summed E-state index contributed by atoms with van der Waals surface area (Å²) in [7, 11) is 3.49. The molecule has 6 heteroatoms. The molecule has 0 bridgehead atoms. The van der Waals surface area contributed by atoms with E-state index in [1.807, 2.05) is 58.2 Å². The van der Waals surface area contributed by atoms with Crippen molar-refractivity contribution in [3.05, 3.63) is 66.1 Å². The van der Waals surface area contributed by atoms with Crippen molar-refractivity contribution in [1.82, 2.24) is 9.97 Å². The Bertz CT molecular complexity index is 1200. The first-order valence-electron chi connectivity index (χ1n) is 10.7. The number of amides is 1. The van der Waals surface area contributed by atoms with E-state index in [-0.39, 0.29) is 5.91 Å². The molecule has 0 aliphatic rings. The fourth-order valence-corrected chi connectivity index (χ4v) is 3.72. The number of carbonyl (C=O) groups excluding carboxylic acids is 1. The number of anilines is 1. The van der Waals surface area contributed by atoms with Gasteiger partial charge in [-0.25, -0.2) is 4.98 Å². The summed E-state index contributed by atoms with van der Waals surface area (Å²) in [5.74, 6) is -0.157. The third-order valence-electron chi connectivity index (χ3n) is 5.48. The number of carbonyl (C=O) groups is 1. The normalized spacial score (nSPS) is 11.7. The highest BCUT2D eigenvalue weighted by Crippen LogP contribution is 2.37. The number of aromatic nitrogens is 2. The van der Waals surface area contributed by atoms with Crippen LogP contribution in [0.1, 0.15) is 37.6 Å². The summed E-state index contributed by atoms with van der Waals surface area (Å²) in [6, 6.07) is 7.89. The first-order chi connectivity index (χ1) is 15.3. The van der Waals surface area contributed by atoms with Crippen molar-refractivity contribution in [2.24, 2.45) is 10.7 Å². The molecule has 0 radical (unpaired) electrons. The van der Waals surface area contributed by atoms with E-state index < -0.39 is 0 Å². The summed E-state index contributed by atoms with van der Waals surface area (Å²) < 4.78 is 0. The van der Waals surface area contributed by atoms with Crippen LogP contribution in [0.2, 0.25) is 0 Å². The van der Waals surface area contributed by atoms with Gasteiger partial charge in [-0.05, 0) is 50.1 Å². The second-order valence-corrected chi connectivity index (χ2v) is 7.19. The quantitative estimate of drug-likeness (QED) is 0.418. The van der Waals surface area contributed by atoms with Gasteiger partial charge in [-0.1, -0.05) is 32.6 Å². The van der Waals surface area contributed by atoms with Crippen LogP contribution in [0, 0.1) is 13.8 Å². The van der Waals surface area contributed by atoms with E-state index in [0.29, 0.717) is 0 Å². The zero-order chi connectivity index (χ0) is 24.0. The smallest absolute Gasteiger partial charge is 0.250 e. The van der Waals surface area contributed by atoms with E-state index in [9.17, 15) is 4.79 Å². The van der Waals surface area contributed by atoms with Crippen molar-refractivity contribution in [3.63, 3.8) is 0 Å². The third kappa shape index (κ3) is 4.49. The minimum Gasteiger partial charge on any atom is -0.404 e. The van der Waals surface area contributed by atoms with Gasteiger partial charge in [0.1, 0.15) is 5.65 Å². The number of allylic oxidation sites excluding steroid dienone is 1. The number of aromatic amines is 1. The number of aliphatic imine (C=N–C) groups is 1. The summed E-state index contributed by atoms with van der Waals surface area (Å²) in [5.41, 5.74) is 14.3. The Morgan fingerprint density at radius 2 is 1.97 bits per heavy atom. The molecule has 1 aromatic carbocycles. The lowest BCUT2D eigenvalue weighted by molar-refractivity contribution is -0.113. The van der Waals surface area contributed by atoms with Gasteiger partial charge in [0.25, 0.3) is 0 Å². The Morgan fingerprint density at radius 1 is 1.28 bits per heavy atom. The van der Waals surface area contributed by atoms with Gasteiger partial charge in [0.05, 0.1) is 0 Å². The highest BCUT2D eigenvalue weighted by atomic mass is 16.2. The largest absolute Gasteiger partial charge is 0.404 e. The molecule has 1 amide bonds.